The van der Waals surface area contributed by atoms with Gasteiger partial charge in [-0.15, -0.1) is 6.58 Å². The number of halogens is 1. The van der Waals surface area contributed by atoms with Crippen LogP contribution in [0.15, 0.2) is 81.6 Å². The smallest absolute Gasteiger partial charge is 0.335 e. The van der Waals surface area contributed by atoms with Gasteiger partial charge in [-0.05, 0) is 79.8 Å². The fraction of sp³-hybridized carbons (Fsp3) is 0.294. The summed E-state index contributed by atoms with van der Waals surface area (Å²) in [7, 11) is 0. The average Bonchev–Trinajstić information content (AvgIpc) is 3.01. The summed E-state index contributed by atoms with van der Waals surface area (Å²) >= 11 is 3.48. The van der Waals surface area contributed by atoms with Gasteiger partial charge >= 0.3 is 5.97 Å². The van der Waals surface area contributed by atoms with E-state index >= 15 is 0 Å². The van der Waals surface area contributed by atoms with E-state index in [2.05, 4.69) is 22.5 Å². The number of carbonyl (C=O) groups is 1. The summed E-state index contributed by atoms with van der Waals surface area (Å²) in [6.45, 7) is 6.37. The Balaban J connectivity index is 1.54. The minimum atomic E-state index is -0.993. The topological polar surface area (TPSA) is 103 Å². The highest BCUT2D eigenvalue weighted by Crippen LogP contribution is 2.35. The molecule has 5 rings (SSSR count). The quantitative estimate of drug-likeness (QED) is 0.134. The maximum absolute atomic E-state index is 13.7. The second-order valence-corrected chi connectivity index (χ2v) is 11.5. The number of benzene rings is 3. The van der Waals surface area contributed by atoms with Gasteiger partial charge in [0.25, 0.3) is 5.56 Å². The lowest BCUT2D eigenvalue weighted by molar-refractivity contribution is 0.0696. The monoisotopic (exact) mass is 643 g/mol. The van der Waals surface area contributed by atoms with E-state index in [0.717, 1.165) is 46.8 Å². The number of nitrogens with zero attached hydrogens (tertiary/aromatic N) is 3. The molecular weight excluding hydrogens is 610 g/mol. The summed E-state index contributed by atoms with van der Waals surface area (Å²) < 4.78 is 14.5. The van der Waals surface area contributed by atoms with Crippen molar-refractivity contribution in [1.82, 2.24) is 9.66 Å². The van der Waals surface area contributed by atoms with Gasteiger partial charge in [0, 0.05) is 16.0 Å². The normalized spacial score (nSPS) is 13.8. The Bertz CT molecular complexity index is 1740. The number of aromatic carboxylic acids is 1. The van der Waals surface area contributed by atoms with E-state index in [-0.39, 0.29) is 23.6 Å². The first-order chi connectivity index (χ1) is 20.9. The molecule has 1 aliphatic rings. The second-order valence-electron chi connectivity index (χ2n) is 10.6. The predicted molar refractivity (Wildman–Crippen MR) is 172 cm³/mol. The van der Waals surface area contributed by atoms with Gasteiger partial charge in [-0.2, -0.15) is 9.78 Å². The van der Waals surface area contributed by atoms with Crippen LogP contribution >= 0.6 is 15.9 Å². The van der Waals surface area contributed by atoms with Gasteiger partial charge in [0.1, 0.15) is 12.4 Å². The van der Waals surface area contributed by atoms with Crippen molar-refractivity contribution < 1.29 is 19.4 Å². The van der Waals surface area contributed by atoms with Crippen molar-refractivity contribution in [2.24, 2.45) is 5.10 Å². The lowest BCUT2D eigenvalue weighted by Crippen LogP contribution is -2.25. The van der Waals surface area contributed by atoms with Crippen LogP contribution in [0.5, 0.6) is 11.5 Å². The Morgan fingerprint density at radius 1 is 1.14 bits per heavy atom. The SMILES string of the molecule is C=CCc1cc(C=Nn2c(C3CCCCC3)nc3ccc(Br)cc3c2=O)cc(OCC)c1OCc1cccc(C(=O)O)c1. The summed E-state index contributed by atoms with van der Waals surface area (Å²) in [6.07, 6.45) is 9.30. The number of carboxylic acids is 1. The second kappa shape index (κ2) is 13.8. The van der Waals surface area contributed by atoms with E-state index in [0.29, 0.717) is 41.3 Å². The first kappa shape index (κ1) is 30.2. The number of aromatic nitrogens is 2. The molecule has 43 heavy (non-hydrogen) atoms. The molecule has 0 saturated heterocycles. The summed E-state index contributed by atoms with van der Waals surface area (Å²) in [4.78, 5) is 30.1. The Hall–Kier alpha value is -4.24. The molecule has 0 bridgehead atoms. The van der Waals surface area contributed by atoms with E-state index in [1.165, 1.54) is 11.1 Å². The maximum Gasteiger partial charge on any atom is 0.335 e. The molecule has 222 valence electrons. The molecule has 8 nitrogen and oxygen atoms in total. The zero-order chi connectivity index (χ0) is 30.3. The lowest BCUT2D eigenvalue weighted by atomic mass is 9.88. The van der Waals surface area contributed by atoms with Crippen LogP contribution in [0.4, 0.5) is 0 Å². The van der Waals surface area contributed by atoms with Crippen LogP contribution < -0.4 is 15.0 Å². The molecule has 0 spiro atoms. The van der Waals surface area contributed by atoms with Crippen molar-refractivity contribution in [3.8, 4) is 11.5 Å². The van der Waals surface area contributed by atoms with Gasteiger partial charge in [-0.1, -0.05) is 53.4 Å². The van der Waals surface area contributed by atoms with E-state index < -0.39 is 5.97 Å². The molecule has 1 aromatic heterocycles. The van der Waals surface area contributed by atoms with E-state index in [1.807, 2.05) is 37.3 Å². The highest BCUT2D eigenvalue weighted by Gasteiger charge is 2.23. The Kier molecular flexibility index (Phi) is 9.72. The maximum atomic E-state index is 13.7. The average molecular weight is 645 g/mol. The Labute approximate surface area is 258 Å². The number of hydrogen-bond acceptors (Lipinski definition) is 6. The highest BCUT2D eigenvalue weighted by molar-refractivity contribution is 9.10. The van der Waals surface area contributed by atoms with E-state index in [1.54, 1.807) is 36.6 Å². The third-order valence-electron chi connectivity index (χ3n) is 7.50. The fourth-order valence-electron chi connectivity index (χ4n) is 5.47. The first-order valence-corrected chi connectivity index (χ1v) is 15.3. The molecular formula is C34H34BrN3O5. The van der Waals surface area contributed by atoms with Gasteiger partial charge in [0.05, 0.1) is 29.3 Å². The van der Waals surface area contributed by atoms with Crippen LogP contribution in [0.3, 0.4) is 0 Å². The lowest BCUT2D eigenvalue weighted by Gasteiger charge is -2.22. The third kappa shape index (κ3) is 7.05. The minimum absolute atomic E-state index is 0.164. The molecule has 0 unspecified atom stereocenters. The molecule has 1 fully saturated rings. The number of fused-ring (bicyclic) bond motifs is 1. The van der Waals surface area contributed by atoms with Crippen molar-refractivity contribution in [3.05, 3.63) is 110 Å². The van der Waals surface area contributed by atoms with Gasteiger partial charge in [-0.3, -0.25) is 4.79 Å². The summed E-state index contributed by atoms with van der Waals surface area (Å²) in [5.74, 6) is 0.941. The predicted octanol–water partition coefficient (Wildman–Crippen LogP) is 7.49. The standard InChI is InChI=1S/C34H34BrN3O5/c1-3-9-25-17-23(18-30(42-4-2)31(25)43-21-22-10-8-13-26(16-22)34(40)41)20-36-38-32(24-11-6-5-7-12-24)37-29-15-14-27(35)19-28(29)33(38)39/h3,8,10,13-20,24H,1,4-7,9,11-12,21H2,2H3,(H,40,41). The molecule has 4 aromatic rings. The third-order valence-corrected chi connectivity index (χ3v) is 7.99. The van der Waals surface area contributed by atoms with Crippen molar-refractivity contribution in [1.29, 1.82) is 0 Å². The largest absolute Gasteiger partial charge is 0.490 e. The van der Waals surface area contributed by atoms with Gasteiger partial charge in [0.15, 0.2) is 11.5 Å². The zero-order valence-electron chi connectivity index (χ0n) is 24.1. The van der Waals surface area contributed by atoms with Crippen molar-refractivity contribution >= 4 is 39.0 Å². The molecule has 1 saturated carbocycles. The summed E-state index contributed by atoms with van der Waals surface area (Å²) in [5.41, 5.74) is 2.95. The Morgan fingerprint density at radius 2 is 1.95 bits per heavy atom. The van der Waals surface area contributed by atoms with Crippen LogP contribution in [0.25, 0.3) is 10.9 Å². The van der Waals surface area contributed by atoms with Crippen LogP contribution in [0.2, 0.25) is 0 Å². The van der Waals surface area contributed by atoms with Crippen LogP contribution in [-0.2, 0) is 13.0 Å². The molecule has 0 amide bonds. The molecule has 0 aliphatic heterocycles. The number of ether oxygens (including phenoxy) is 2. The highest BCUT2D eigenvalue weighted by atomic mass is 79.9. The van der Waals surface area contributed by atoms with Gasteiger partial charge in [0.2, 0.25) is 0 Å². The molecule has 0 radical (unpaired) electrons. The number of hydrogen-bond donors (Lipinski definition) is 1. The van der Waals surface area contributed by atoms with Crippen LogP contribution in [-0.4, -0.2) is 33.6 Å². The molecule has 3 aromatic carbocycles. The number of allylic oxidation sites excluding steroid dienone is 1. The Morgan fingerprint density at radius 3 is 2.70 bits per heavy atom. The minimum Gasteiger partial charge on any atom is -0.490 e. The van der Waals surface area contributed by atoms with Crippen LogP contribution in [0, 0.1) is 0 Å². The van der Waals surface area contributed by atoms with Crippen molar-refractivity contribution in [2.75, 3.05) is 6.61 Å². The van der Waals surface area contributed by atoms with E-state index in [9.17, 15) is 14.7 Å². The number of carboxylic acid groups (broad SMARTS) is 1. The molecule has 1 N–H and O–H groups in total. The van der Waals surface area contributed by atoms with Crippen molar-refractivity contribution in [3.63, 3.8) is 0 Å². The van der Waals surface area contributed by atoms with Crippen molar-refractivity contribution in [2.45, 2.75) is 58.0 Å². The number of rotatable bonds is 11. The molecule has 9 heteroatoms. The van der Waals surface area contributed by atoms with E-state index in [4.69, 9.17) is 19.6 Å². The fourth-order valence-corrected chi connectivity index (χ4v) is 5.83. The zero-order valence-corrected chi connectivity index (χ0v) is 25.7. The molecule has 1 aliphatic carbocycles. The van der Waals surface area contributed by atoms with Gasteiger partial charge in [-0.25, -0.2) is 9.78 Å². The molecule has 1 heterocycles. The van der Waals surface area contributed by atoms with Gasteiger partial charge < -0.3 is 14.6 Å². The first-order valence-electron chi connectivity index (χ1n) is 14.5. The van der Waals surface area contributed by atoms with Crippen LogP contribution in [0.1, 0.15) is 77.8 Å². The summed E-state index contributed by atoms with van der Waals surface area (Å²) in [5, 5.41) is 14.6. The molecule has 0 atom stereocenters. The summed E-state index contributed by atoms with van der Waals surface area (Å²) in [6, 6.07) is 16.0.